The van der Waals surface area contributed by atoms with E-state index in [-0.39, 0.29) is 56.5 Å². The summed E-state index contributed by atoms with van der Waals surface area (Å²) in [5.41, 5.74) is 3.09. The van der Waals surface area contributed by atoms with E-state index < -0.39 is 12.0 Å². The van der Waals surface area contributed by atoms with Crippen LogP contribution in [0.5, 0.6) is 0 Å². The van der Waals surface area contributed by atoms with Gasteiger partial charge in [0, 0.05) is 30.1 Å². The highest BCUT2D eigenvalue weighted by atomic mass is 16.5. The number of hydrogen-bond acceptors (Lipinski definition) is 6. The Kier molecular flexibility index (Phi) is 12.8. The predicted molar refractivity (Wildman–Crippen MR) is 165 cm³/mol. The van der Waals surface area contributed by atoms with Gasteiger partial charge < -0.3 is 30.2 Å². The number of esters is 1. The number of amides is 2. The van der Waals surface area contributed by atoms with Gasteiger partial charge in [-0.2, -0.15) is 0 Å². The van der Waals surface area contributed by atoms with Crippen molar-refractivity contribution in [1.29, 1.82) is 0 Å². The lowest BCUT2D eigenvalue weighted by molar-refractivity contribution is -0.150. The first-order valence-corrected chi connectivity index (χ1v) is 15.2. The van der Waals surface area contributed by atoms with Crippen LogP contribution < -0.4 is 10.6 Å². The average Bonchev–Trinajstić information content (AvgIpc) is 3.42. The van der Waals surface area contributed by atoms with Gasteiger partial charge in [0.25, 0.3) is 0 Å². The number of nitrogens with one attached hydrogen (secondary N) is 3. The molecule has 2 amide bonds. The van der Waals surface area contributed by atoms with Gasteiger partial charge in [0.2, 0.25) is 11.8 Å². The second-order valence-corrected chi connectivity index (χ2v) is 11.0. The Morgan fingerprint density at radius 1 is 1.00 bits per heavy atom. The van der Waals surface area contributed by atoms with E-state index >= 15 is 0 Å². The number of H-pyrrole nitrogens is 1. The van der Waals surface area contributed by atoms with Crippen LogP contribution >= 0.6 is 0 Å². The number of carbonyl (C=O) groups is 3. The van der Waals surface area contributed by atoms with Crippen LogP contribution in [-0.2, 0) is 36.7 Å². The quantitative estimate of drug-likeness (QED) is 0.153. The molecule has 4 N–H and O–H groups in total. The number of benzene rings is 2. The number of fused-ring (bicyclic) bond motifs is 1. The molecule has 0 aliphatic carbocycles. The molecule has 1 aliphatic heterocycles. The topological polar surface area (TPSA) is 130 Å². The molecule has 4 rings (SSSR count). The molecule has 0 bridgehead atoms. The molecule has 2 aromatic carbocycles. The Morgan fingerprint density at radius 3 is 2.65 bits per heavy atom. The number of para-hydroxylation sites is 1. The minimum absolute atomic E-state index is 0.0227. The molecule has 2 heterocycles. The average molecular weight is 590 g/mol. The lowest BCUT2D eigenvalue weighted by Crippen LogP contribution is -2.44. The molecular formula is C34H43N3O6. The number of carbonyl (C=O) groups excluding carboxylic acids is 3. The summed E-state index contributed by atoms with van der Waals surface area (Å²) < 4.78 is 11.1. The Balaban J connectivity index is 1.49. The maximum Gasteiger partial charge on any atom is 0.309 e. The molecule has 9 nitrogen and oxygen atoms in total. The standard InChI is InChI=1S/C34H43N3O6/c38-17-19-42-18-16-35-32(39)22-26-12-6-1-2-7-13-27(20-25-10-4-3-5-11-25)34(41)43-24-29(37-33(26)40)21-28-23-36-31-15-9-8-14-30(28)31/h1,3-6,8-11,14-15,23,26-27,29,36,38H,2,7,12-13,16-22,24H2,(H,35,39)(H,37,40). The first kappa shape index (κ1) is 32.0. The van der Waals surface area contributed by atoms with Crippen molar-refractivity contribution in [2.24, 2.45) is 11.8 Å². The highest BCUT2D eigenvalue weighted by Gasteiger charge is 2.27. The third-order valence-corrected chi connectivity index (χ3v) is 7.69. The molecule has 3 atom stereocenters. The molecule has 1 aromatic heterocycles. The fourth-order valence-corrected chi connectivity index (χ4v) is 5.41. The second-order valence-electron chi connectivity index (χ2n) is 11.0. The summed E-state index contributed by atoms with van der Waals surface area (Å²) in [4.78, 5) is 42.9. The Hall–Kier alpha value is -3.95. The molecule has 0 fully saturated rings. The zero-order chi connectivity index (χ0) is 30.3. The summed E-state index contributed by atoms with van der Waals surface area (Å²) in [5, 5.41) is 15.8. The van der Waals surface area contributed by atoms with Gasteiger partial charge in [-0.3, -0.25) is 14.4 Å². The summed E-state index contributed by atoms with van der Waals surface area (Å²) in [6.45, 7) is 0.747. The maximum absolute atomic E-state index is 13.6. The van der Waals surface area contributed by atoms with E-state index in [0.717, 1.165) is 34.9 Å². The summed E-state index contributed by atoms with van der Waals surface area (Å²) >= 11 is 0. The Morgan fingerprint density at radius 2 is 1.81 bits per heavy atom. The van der Waals surface area contributed by atoms with E-state index in [0.29, 0.717) is 32.2 Å². The van der Waals surface area contributed by atoms with Gasteiger partial charge in [0.1, 0.15) is 6.61 Å². The van der Waals surface area contributed by atoms with Gasteiger partial charge >= 0.3 is 5.97 Å². The van der Waals surface area contributed by atoms with E-state index in [1.54, 1.807) is 0 Å². The second kappa shape index (κ2) is 17.2. The van der Waals surface area contributed by atoms with Crippen LogP contribution in [0.15, 0.2) is 72.9 Å². The van der Waals surface area contributed by atoms with Crippen molar-refractivity contribution in [2.75, 3.05) is 33.0 Å². The van der Waals surface area contributed by atoms with Crippen LogP contribution in [0.1, 0.15) is 43.2 Å². The van der Waals surface area contributed by atoms with Crippen LogP contribution in [0.25, 0.3) is 10.9 Å². The molecule has 1 aliphatic rings. The lowest BCUT2D eigenvalue weighted by Gasteiger charge is -2.24. The fraction of sp³-hybridized carbons (Fsp3) is 0.441. The third-order valence-electron chi connectivity index (χ3n) is 7.69. The van der Waals surface area contributed by atoms with Crippen LogP contribution in [0.3, 0.4) is 0 Å². The van der Waals surface area contributed by atoms with Crippen molar-refractivity contribution in [3.63, 3.8) is 0 Å². The number of aliphatic hydroxyl groups excluding tert-OH is 1. The number of aliphatic hydroxyl groups is 1. The molecule has 9 heteroatoms. The van der Waals surface area contributed by atoms with Crippen molar-refractivity contribution >= 4 is 28.7 Å². The zero-order valence-electron chi connectivity index (χ0n) is 24.6. The van der Waals surface area contributed by atoms with Crippen molar-refractivity contribution in [3.05, 3.63) is 84.1 Å². The molecule has 0 radical (unpaired) electrons. The highest BCUT2D eigenvalue weighted by molar-refractivity contribution is 5.86. The normalized spacial score (nSPS) is 20.3. The largest absolute Gasteiger partial charge is 0.463 e. The first-order chi connectivity index (χ1) is 21.0. The molecule has 0 spiro atoms. The number of rotatable bonds is 11. The lowest BCUT2D eigenvalue weighted by atomic mass is 9.93. The minimum Gasteiger partial charge on any atom is -0.463 e. The number of allylic oxidation sites excluding steroid dienone is 2. The van der Waals surface area contributed by atoms with Crippen LogP contribution in [-0.4, -0.2) is 66.9 Å². The minimum atomic E-state index is -0.579. The number of hydrogen-bond donors (Lipinski definition) is 4. The molecule has 3 aromatic rings. The van der Waals surface area contributed by atoms with Gasteiger partial charge in [-0.05, 0) is 55.7 Å². The van der Waals surface area contributed by atoms with E-state index in [1.807, 2.05) is 72.9 Å². The van der Waals surface area contributed by atoms with Crippen LogP contribution in [0.4, 0.5) is 0 Å². The van der Waals surface area contributed by atoms with Crippen molar-refractivity contribution in [1.82, 2.24) is 15.6 Å². The first-order valence-electron chi connectivity index (χ1n) is 15.2. The molecule has 3 unspecified atom stereocenters. The molecule has 43 heavy (non-hydrogen) atoms. The van der Waals surface area contributed by atoms with Gasteiger partial charge in [0.15, 0.2) is 0 Å². The number of aromatic amines is 1. The third kappa shape index (κ3) is 10.4. The van der Waals surface area contributed by atoms with Crippen LogP contribution in [0.2, 0.25) is 0 Å². The van der Waals surface area contributed by atoms with E-state index in [2.05, 4.69) is 15.6 Å². The highest BCUT2D eigenvalue weighted by Crippen LogP contribution is 2.22. The number of ether oxygens (including phenoxy) is 2. The monoisotopic (exact) mass is 589 g/mol. The summed E-state index contributed by atoms with van der Waals surface area (Å²) in [7, 11) is 0. The molecular weight excluding hydrogens is 546 g/mol. The van der Waals surface area contributed by atoms with Gasteiger partial charge in [0.05, 0.1) is 37.7 Å². The summed E-state index contributed by atoms with van der Waals surface area (Å²) in [6, 6.07) is 17.4. The Bertz CT molecular complexity index is 1340. The van der Waals surface area contributed by atoms with Crippen LogP contribution in [0, 0.1) is 11.8 Å². The summed E-state index contributed by atoms with van der Waals surface area (Å²) in [5.74, 6) is -1.62. The van der Waals surface area contributed by atoms with Crippen molar-refractivity contribution in [2.45, 2.75) is 51.0 Å². The SMILES string of the molecule is O=C(CC1CC=CCCCC(Cc2ccccc2)C(=O)OCC(Cc2c[nH]c3ccccc23)NC1=O)NCCOCCO. The van der Waals surface area contributed by atoms with Gasteiger partial charge in [-0.15, -0.1) is 0 Å². The van der Waals surface area contributed by atoms with Gasteiger partial charge in [-0.25, -0.2) is 0 Å². The van der Waals surface area contributed by atoms with Crippen molar-refractivity contribution in [3.8, 4) is 0 Å². The molecule has 0 saturated heterocycles. The Labute approximate surface area is 253 Å². The number of aromatic nitrogens is 1. The molecule has 230 valence electrons. The van der Waals surface area contributed by atoms with E-state index in [1.165, 1.54) is 0 Å². The van der Waals surface area contributed by atoms with Gasteiger partial charge in [-0.1, -0.05) is 60.7 Å². The summed E-state index contributed by atoms with van der Waals surface area (Å²) in [6.07, 6.45) is 9.71. The van der Waals surface area contributed by atoms with Crippen molar-refractivity contribution < 1.29 is 29.0 Å². The number of cyclic esters (lactones) is 1. The smallest absolute Gasteiger partial charge is 0.309 e. The van der Waals surface area contributed by atoms with E-state index in [9.17, 15) is 14.4 Å². The molecule has 0 saturated carbocycles. The fourth-order valence-electron chi connectivity index (χ4n) is 5.41. The zero-order valence-corrected chi connectivity index (χ0v) is 24.6. The maximum atomic E-state index is 13.6. The predicted octanol–water partition coefficient (Wildman–Crippen LogP) is 3.86. The van der Waals surface area contributed by atoms with E-state index in [4.69, 9.17) is 14.6 Å².